The molecular weight excluding hydrogens is 392 g/mol. The van der Waals surface area contributed by atoms with Gasteiger partial charge in [0.2, 0.25) is 11.8 Å². The van der Waals surface area contributed by atoms with Crippen LogP contribution >= 0.6 is 0 Å². The van der Waals surface area contributed by atoms with Crippen molar-refractivity contribution in [3.63, 3.8) is 0 Å². The second-order valence-electron chi connectivity index (χ2n) is 7.93. The van der Waals surface area contributed by atoms with E-state index in [1.165, 1.54) is 0 Å². The molecule has 0 bridgehead atoms. The highest BCUT2D eigenvalue weighted by molar-refractivity contribution is 6.04. The Kier molecular flexibility index (Phi) is 9.21. The zero-order valence-electron chi connectivity index (χ0n) is 18.7. The van der Waals surface area contributed by atoms with E-state index >= 15 is 0 Å². The molecule has 2 rings (SSSR count). The lowest BCUT2D eigenvalue weighted by molar-refractivity contribution is -0.119. The van der Waals surface area contributed by atoms with Crippen molar-refractivity contribution in [3.05, 3.63) is 59.7 Å². The molecule has 7 nitrogen and oxygen atoms in total. The number of anilines is 2. The molecule has 2 aromatic carbocycles. The molecule has 0 saturated heterocycles. The predicted octanol–water partition coefficient (Wildman–Crippen LogP) is 3.14. The van der Waals surface area contributed by atoms with E-state index in [1.54, 1.807) is 36.2 Å². The molecule has 7 heteroatoms. The van der Waals surface area contributed by atoms with E-state index < -0.39 is 0 Å². The molecule has 166 valence electrons. The summed E-state index contributed by atoms with van der Waals surface area (Å²) in [5.41, 5.74) is 2.70. The Labute approximate surface area is 184 Å². The van der Waals surface area contributed by atoms with Gasteiger partial charge in [0.05, 0.1) is 24.3 Å². The Morgan fingerprint density at radius 3 is 2.03 bits per heavy atom. The van der Waals surface area contributed by atoms with Gasteiger partial charge in [-0.25, -0.2) is 0 Å². The lowest BCUT2D eigenvalue weighted by Gasteiger charge is -2.18. The van der Waals surface area contributed by atoms with Crippen molar-refractivity contribution >= 4 is 29.1 Å². The quantitative estimate of drug-likeness (QED) is 0.547. The van der Waals surface area contributed by atoms with E-state index in [9.17, 15) is 14.4 Å². The van der Waals surface area contributed by atoms with E-state index in [0.29, 0.717) is 23.7 Å². The molecule has 0 atom stereocenters. The Hall–Kier alpha value is -3.19. The normalized spacial score (nSPS) is 10.8. The number of hydrogen-bond acceptors (Lipinski definition) is 4. The summed E-state index contributed by atoms with van der Waals surface area (Å²) >= 11 is 0. The van der Waals surface area contributed by atoms with Crippen LogP contribution in [-0.2, 0) is 16.0 Å². The minimum atomic E-state index is -0.298. The third-order valence-electron chi connectivity index (χ3n) is 4.62. The smallest absolute Gasteiger partial charge is 0.253 e. The van der Waals surface area contributed by atoms with Gasteiger partial charge >= 0.3 is 0 Å². The number of para-hydroxylation sites is 2. The summed E-state index contributed by atoms with van der Waals surface area (Å²) in [5, 5.41) is 8.53. The van der Waals surface area contributed by atoms with Crippen molar-refractivity contribution in [2.75, 3.05) is 37.3 Å². The van der Waals surface area contributed by atoms with Gasteiger partial charge in [-0.3, -0.25) is 19.3 Å². The molecule has 0 radical (unpaired) electrons. The SMILES string of the molecule is CCc1ccccc1NC(=O)CN(C)CC(=O)Nc1ccccc1C(=O)NCC(C)C. The first-order chi connectivity index (χ1) is 14.8. The van der Waals surface area contributed by atoms with Crippen LogP contribution in [0.1, 0.15) is 36.7 Å². The van der Waals surface area contributed by atoms with Crippen LogP contribution in [0.15, 0.2) is 48.5 Å². The highest BCUT2D eigenvalue weighted by Crippen LogP contribution is 2.16. The van der Waals surface area contributed by atoms with Gasteiger partial charge in [0.25, 0.3) is 5.91 Å². The van der Waals surface area contributed by atoms with E-state index in [4.69, 9.17) is 0 Å². The minimum Gasteiger partial charge on any atom is -0.352 e. The van der Waals surface area contributed by atoms with Gasteiger partial charge in [-0.15, -0.1) is 0 Å². The van der Waals surface area contributed by atoms with Crippen molar-refractivity contribution in [2.45, 2.75) is 27.2 Å². The van der Waals surface area contributed by atoms with Crippen molar-refractivity contribution < 1.29 is 14.4 Å². The fourth-order valence-electron chi connectivity index (χ4n) is 3.06. The van der Waals surface area contributed by atoms with Crippen LogP contribution in [0.25, 0.3) is 0 Å². The number of carbonyl (C=O) groups is 3. The van der Waals surface area contributed by atoms with Crippen LogP contribution in [0.2, 0.25) is 0 Å². The summed E-state index contributed by atoms with van der Waals surface area (Å²) in [6.07, 6.45) is 0.818. The molecule has 0 spiro atoms. The summed E-state index contributed by atoms with van der Waals surface area (Å²) < 4.78 is 0. The van der Waals surface area contributed by atoms with Gasteiger partial charge in [-0.05, 0) is 43.1 Å². The zero-order valence-corrected chi connectivity index (χ0v) is 18.7. The number of likely N-dealkylation sites (N-methyl/N-ethyl adjacent to an activating group) is 1. The molecule has 0 aliphatic carbocycles. The Morgan fingerprint density at radius 2 is 1.42 bits per heavy atom. The van der Waals surface area contributed by atoms with Gasteiger partial charge in [-0.2, -0.15) is 0 Å². The summed E-state index contributed by atoms with van der Waals surface area (Å²) in [7, 11) is 1.70. The van der Waals surface area contributed by atoms with E-state index in [0.717, 1.165) is 17.7 Å². The van der Waals surface area contributed by atoms with Gasteiger partial charge < -0.3 is 16.0 Å². The summed E-state index contributed by atoms with van der Waals surface area (Å²) in [4.78, 5) is 38.9. The first-order valence-corrected chi connectivity index (χ1v) is 10.5. The molecule has 0 unspecified atom stereocenters. The molecule has 0 aliphatic rings. The monoisotopic (exact) mass is 424 g/mol. The van der Waals surface area contributed by atoms with Crippen molar-refractivity contribution in [2.24, 2.45) is 5.92 Å². The van der Waals surface area contributed by atoms with E-state index in [-0.39, 0.29) is 30.8 Å². The molecule has 0 saturated carbocycles. The van der Waals surface area contributed by atoms with E-state index in [2.05, 4.69) is 16.0 Å². The summed E-state index contributed by atoms with van der Waals surface area (Å²) in [5.74, 6) is -0.389. The molecule has 0 heterocycles. The lowest BCUT2D eigenvalue weighted by atomic mass is 10.1. The maximum Gasteiger partial charge on any atom is 0.253 e. The zero-order chi connectivity index (χ0) is 22.8. The fourth-order valence-corrected chi connectivity index (χ4v) is 3.06. The molecule has 31 heavy (non-hydrogen) atoms. The van der Waals surface area contributed by atoms with Crippen molar-refractivity contribution in [3.8, 4) is 0 Å². The first kappa shape index (κ1) is 24.1. The third-order valence-corrected chi connectivity index (χ3v) is 4.62. The molecule has 0 aliphatic heterocycles. The van der Waals surface area contributed by atoms with Crippen LogP contribution in [0.4, 0.5) is 11.4 Å². The average molecular weight is 425 g/mol. The lowest BCUT2D eigenvalue weighted by Crippen LogP contribution is -2.36. The van der Waals surface area contributed by atoms with Crippen LogP contribution in [0.5, 0.6) is 0 Å². The molecule has 3 amide bonds. The predicted molar refractivity (Wildman–Crippen MR) is 124 cm³/mol. The molecular formula is C24H32N4O3. The molecule has 0 aromatic heterocycles. The summed E-state index contributed by atoms with van der Waals surface area (Å²) in [6, 6.07) is 14.5. The number of carbonyl (C=O) groups excluding carboxylic acids is 3. The van der Waals surface area contributed by atoms with Crippen molar-refractivity contribution in [1.29, 1.82) is 0 Å². The Morgan fingerprint density at radius 1 is 0.871 bits per heavy atom. The number of benzene rings is 2. The second kappa shape index (κ2) is 11.9. The van der Waals surface area contributed by atoms with E-state index in [1.807, 2.05) is 45.0 Å². The third kappa shape index (κ3) is 7.86. The summed E-state index contributed by atoms with van der Waals surface area (Å²) in [6.45, 7) is 6.71. The maximum atomic E-state index is 12.5. The van der Waals surface area contributed by atoms with Crippen molar-refractivity contribution in [1.82, 2.24) is 10.2 Å². The number of amides is 3. The van der Waals surface area contributed by atoms with Crippen LogP contribution < -0.4 is 16.0 Å². The highest BCUT2D eigenvalue weighted by Gasteiger charge is 2.16. The standard InChI is InChI=1S/C24H32N4O3/c1-5-18-10-6-8-12-20(18)26-22(29)15-28(4)16-23(30)27-21-13-9-7-11-19(21)24(31)25-14-17(2)3/h6-13,17H,5,14-16H2,1-4H3,(H,25,31)(H,26,29)(H,27,30). The number of nitrogens with one attached hydrogen (secondary N) is 3. The van der Waals surface area contributed by atoms with Gasteiger partial charge in [0.1, 0.15) is 0 Å². The van der Waals surface area contributed by atoms with Gasteiger partial charge in [0, 0.05) is 12.2 Å². The molecule has 3 N–H and O–H groups in total. The second-order valence-corrected chi connectivity index (χ2v) is 7.93. The average Bonchev–Trinajstić information content (AvgIpc) is 2.72. The minimum absolute atomic E-state index is 0.0186. The number of rotatable bonds is 10. The van der Waals surface area contributed by atoms with Crippen LogP contribution in [0.3, 0.4) is 0 Å². The Bertz CT molecular complexity index is 911. The van der Waals surface area contributed by atoms with Gasteiger partial charge in [-0.1, -0.05) is 51.1 Å². The highest BCUT2D eigenvalue weighted by atomic mass is 16.2. The fraction of sp³-hybridized carbons (Fsp3) is 0.375. The largest absolute Gasteiger partial charge is 0.352 e. The molecule has 2 aromatic rings. The maximum absolute atomic E-state index is 12.5. The van der Waals surface area contributed by atoms with Crippen LogP contribution in [-0.4, -0.2) is 49.3 Å². The first-order valence-electron chi connectivity index (χ1n) is 10.5. The number of aryl methyl sites for hydroxylation is 1. The van der Waals surface area contributed by atoms with Crippen LogP contribution in [0, 0.1) is 5.92 Å². The topological polar surface area (TPSA) is 90.5 Å². The van der Waals surface area contributed by atoms with Gasteiger partial charge in [0.15, 0.2) is 0 Å². The number of hydrogen-bond donors (Lipinski definition) is 3. The molecule has 0 fully saturated rings. The number of nitrogens with zero attached hydrogens (tertiary/aromatic N) is 1. The Balaban J connectivity index is 1.91.